The molecule has 0 bridgehead atoms. The van der Waals surface area contributed by atoms with Gasteiger partial charge in [-0.3, -0.25) is 9.59 Å². The Morgan fingerprint density at radius 3 is 2.62 bits per heavy atom. The summed E-state index contributed by atoms with van der Waals surface area (Å²) in [5, 5.41) is 11.0. The van der Waals surface area contributed by atoms with Gasteiger partial charge >= 0.3 is 0 Å². The number of aliphatic hydroxyl groups is 1. The monoisotopic (exact) mass is 455 g/mol. The van der Waals surface area contributed by atoms with Crippen LogP contribution in [0.1, 0.15) is 35.6 Å². The summed E-state index contributed by atoms with van der Waals surface area (Å²) >= 11 is 3.37. The maximum atomic E-state index is 13.0. The van der Waals surface area contributed by atoms with E-state index in [1.54, 1.807) is 29.2 Å². The number of aryl methyl sites for hydroxylation is 1. The molecule has 5 nitrogen and oxygen atoms in total. The molecule has 2 aromatic rings. The number of likely N-dealkylation sites (tertiary alicyclic amines) is 1. The number of aliphatic hydroxyl groups excluding tert-OH is 1. The molecule has 29 heavy (non-hydrogen) atoms. The highest BCUT2D eigenvalue weighted by molar-refractivity contribution is 9.10. The van der Waals surface area contributed by atoms with Crippen molar-refractivity contribution in [3.05, 3.63) is 75.3 Å². The van der Waals surface area contributed by atoms with Crippen molar-refractivity contribution in [2.75, 3.05) is 13.2 Å². The second kappa shape index (κ2) is 8.13. The number of halogens is 1. The van der Waals surface area contributed by atoms with Crippen LogP contribution in [0.2, 0.25) is 0 Å². The first-order chi connectivity index (χ1) is 14.0. The highest BCUT2D eigenvalue weighted by Gasteiger charge is 2.47. The Morgan fingerprint density at radius 2 is 1.97 bits per heavy atom. The molecule has 0 aromatic heterocycles. The van der Waals surface area contributed by atoms with Crippen LogP contribution in [0.25, 0.3) is 5.76 Å². The second-order valence-corrected chi connectivity index (χ2v) is 8.42. The van der Waals surface area contributed by atoms with Crippen molar-refractivity contribution >= 4 is 33.4 Å². The average molecular weight is 456 g/mol. The molecule has 2 unspecified atom stereocenters. The highest BCUT2D eigenvalue weighted by atomic mass is 79.9. The lowest BCUT2D eigenvalue weighted by atomic mass is 9.94. The molecule has 150 valence electrons. The molecule has 4 rings (SSSR count). The number of benzene rings is 2. The number of ketones is 1. The zero-order chi connectivity index (χ0) is 20.5. The number of carbonyl (C=O) groups is 2. The van der Waals surface area contributed by atoms with Gasteiger partial charge in [0.05, 0.1) is 17.7 Å². The number of hydrogen-bond acceptors (Lipinski definition) is 4. The predicted octanol–water partition coefficient (Wildman–Crippen LogP) is 4.36. The quantitative estimate of drug-likeness (QED) is 0.422. The highest BCUT2D eigenvalue weighted by Crippen LogP contribution is 2.40. The Labute approximate surface area is 178 Å². The summed E-state index contributed by atoms with van der Waals surface area (Å²) < 4.78 is 6.57. The third-order valence-electron chi connectivity index (χ3n) is 5.44. The van der Waals surface area contributed by atoms with Gasteiger partial charge in [-0.2, -0.15) is 0 Å². The van der Waals surface area contributed by atoms with E-state index in [1.165, 1.54) is 0 Å². The van der Waals surface area contributed by atoms with Gasteiger partial charge in [-0.1, -0.05) is 57.9 Å². The van der Waals surface area contributed by atoms with E-state index in [2.05, 4.69) is 15.9 Å². The number of carbonyl (C=O) groups excluding carboxylic acids is 2. The first-order valence-electron chi connectivity index (χ1n) is 9.68. The van der Waals surface area contributed by atoms with Crippen LogP contribution in [-0.2, 0) is 14.3 Å². The smallest absolute Gasteiger partial charge is 0.295 e. The van der Waals surface area contributed by atoms with Gasteiger partial charge in [0, 0.05) is 23.2 Å². The van der Waals surface area contributed by atoms with Gasteiger partial charge in [0.1, 0.15) is 5.76 Å². The van der Waals surface area contributed by atoms with Crippen LogP contribution in [0.15, 0.2) is 58.6 Å². The van der Waals surface area contributed by atoms with E-state index in [9.17, 15) is 14.7 Å². The Hall–Kier alpha value is -2.44. The van der Waals surface area contributed by atoms with E-state index in [0.717, 1.165) is 28.4 Å². The van der Waals surface area contributed by atoms with E-state index < -0.39 is 17.7 Å². The molecule has 0 spiro atoms. The lowest BCUT2D eigenvalue weighted by molar-refractivity contribution is -0.140. The molecule has 2 aliphatic rings. The van der Waals surface area contributed by atoms with Crippen LogP contribution in [0.3, 0.4) is 0 Å². The lowest BCUT2D eigenvalue weighted by Gasteiger charge is -2.27. The van der Waals surface area contributed by atoms with Crippen molar-refractivity contribution in [1.29, 1.82) is 0 Å². The minimum atomic E-state index is -0.657. The van der Waals surface area contributed by atoms with Crippen LogP contribution >= 0.6 is 15.9 Å². The molecule has 2 atom stereocenters. The first kappa shape index (κ1) is 19.9. The first-order valence-corrected chi connectivity index (χ1v) is 10.5. The number of nitrogens with zero attached hydrogens (tertiary/aromatic N) is 1. The fourth-order valence-electron chi connectivity index (χ4n) is 4.03. The minimum Gasteiger partial charge on any atom is -0.507 e. The van der Waals surface area contributed by atoms with Crippen molar-refractivity contribution in [1.82, 2.24) is 4.90 Å². The van der Waals surface area contributed by atoms with Gasteiger partial charge in [-0.05, 0) is 37.5 Å². The number of amides is 1. The summed E-state index contributed by atoms with van der Waals surface area (Å²) in [5.41, 5.74) is 2.46. The standard InChI is InChI=1S/C23H22BrNO4/c1-14-4-2-5-16(12-14)20-19(21(26)15-7-9-17(24)10-8-15)22(27)23(28)25(20)13-18-6-3-11-29-18/h2,4-5,7-10,12,18,20,26H,3,6,11,13H2,1H3/b21-19-. The topological polar surface area (TPSA) is 66.8 Å². The molecule has 6 heteroatoms. The molecular formula is C23H22BrNO4. The van der Waals surface area contributed by atoms with Crippen LogP contribution in [0.4, 0.5) is 0 Å². The van der Waals surface area contributed by atoms with E-state index in [-0.39, 0.29) is 17.4 Å². The molecule has 2 heterocycles. The van der Waals surface area contributed by atoms with Crippen LogP contribution in [0, 0.1) is 6.92 Å². The number of Topliss-reactive ketones (excluding diaryl/α,β-unsaturated/α-hetero) is 1. The normalized spacial score (nSPS) is 23.7. The molecule has 0 aliphatic carbocycles. The second-order valence-electron chi connectivity index (χ2n) is 7.51. The summed E-state index contributed by atoms with van der Waals surface area (Å²) in [6.07, 6.45) is 1.71. The number of hydrogen-bond donors (Lipinski definition) is 1. The molecule has 0 saturated carbocycles. The van der Waals surface area contributed by atoms with Gasteiger partial charge in [-0.15, -0.1) is 0 Å². The fourth-order valence-corrected chi connectivity index (χ4v) is 4.29. The molecule has 2 aliphatic heterocycles. The van der Waals surface area contributed by atoms with E-state index in [1.807, 2.05) is 31.2 Å². The van der Waals surface area contributed by atoms with Gasteiger partial charge in [-0.25, -0.2) is 0 Å². The molecule has 2 aromatic carbocycles. The molecule has 2 saturated heterocycles. The zero-order valence-corrected chi connectivity index (χ0v) is 17.7. The maximum Gasteiger partial charge on any atom is 0.295 e. The maximum absolute atomic E-state index is 13.0. The average Bonchev–Trinajstić information content (AvgIpc) is 3.30. The van der Waals surface area contributed by atoms with Crippen LogP contribution < -0.4 is 0 Å². The van der Waals surface area contributed by atoms with Crippen LogP contribution in [0.5, 0.6) is 0 Å². The van der Waals surface area contributed by atoms with E-state index >= 15 is 0 Å². The summed E-state index contributed by atoms with van der Waals surface area (Å²) in [7, 11) is 0. The Kier molecular flexibility index (Phi) is 5.56. The molecule has 1 N–H and O–H groups in total. The van der Waals surface area contributed by atoms with Crippen molar-refractivity contribution < 1.29 is 19.4 Å². The summed E-state index contributed by atoms with van der Waals surface area (Å²) in [6, 6.07) is 14.1. The largest absolute Gasteiger partial charge is 0.507 e. The molecule has 0 radical (unpaired) electrons. The predicted molar refractivity (Wildman–Crippen MR) is 113 cm³/mol. The van der Waals surface area contributed by atoms with E-state index in [4.69, 9.17) is 4.74 Å². The van der Waals surface area contributed by atoms with Gasteiger partial charge < -0.3 is 14.7 Å². The number of ether oxygens (including phenoxy) is 1. The van der Waals surface area contributed by atoms with Gasteiger partial charge in [0.2, 0.25) is 0 Å². The molecule has 1 amide bonds. The summed E-state index contributed by atoms with van der Waals surface area (Å²) in [4.78, 5) is 27.5. The van der Waals surface area contributed by atoms with Crippen molar-refractivity contribution in [3.8, 4) is 0 Å². The summed E-state index contributed by atoms with van der Waals surface area (Å²) in [5.74, 6) is -1.40. The third-order valence-corrected chi connectivity index (χ3v) is 5.97. The zero-order valence-electron chi connectivity index (χ0n) is 16.1. The van der Waals surface area contributed by atoms with Crippen LogP contribution in [-0.4, -0.2) is 41.0 Å². The lowest BCUT2D eigenvalue weighted by Crippen LogP contribution is -2.36. The molecule has 2 fully saturated rings. The van der Waals surface area contributed by atoms with Crippen molar-refractivity contribution in [2.45, 2.75) is 31.9 Å². The van der Waals surface area contributed by atoms with Crippen molar-refractivity contribution in [2.24, 2.45) is 0 Å². The SMILES string of the molecule is Cc1cccc(C2/C(=C(/O)c3ccc(Br)cc3)C(=O)C(=O)N2CC2CCCO2)c1. The fraction of sp³-hybridized carbons (Fsp3) is 0.304. The number of rotatable bonds is 4. The Morgan fingerprint density at radius 1 is 1.21 bits per heavy atom. The Bertz CT molecular complexity index is 977. The third kappa shape index (κ3) is 3.87. The summed E-state index contributed by atoms with van der Waals surface area (Å²) in [6.45, 7) is 2.97. The van der Waals surface area contributed by atoms with Gasteiger partial charge in [0.25, 0.3) is 11.7 Å². The molecular weight excluding hydrogens is 434 g/mol. The Balaban J connectivity index is 1.83. The minimum absolute atomic E-state index is 0.0896. The van der Waals surface area contributed by atoms with Crippen molar-refractivity contribution in [3.63, 3.8) is 0 Å². The van der Waals surface area contributed by atoms with E-state index in [0.29, 0.717) is 18.7 Å². The van der Waals surface area contributed by atoms with Gasteiger partial charge in [0.15, 0.2) is 0 Å².